The molecule has 0 amide bonds. The minimum atomic E-state index is -0.611. The molecule has 26 heavy (non-hydrogen) atoms. The van der Waals surface area contributed by atoms with E-state index in [9.17, 15) is 9.90 Å². The van der Waals surface area contributed by atoms with Crippen molar-refractivity contribution in [1.29, 1.82) is 0 Å². The van der Waals surface area contributed by atoms with Crippen LogP contribution < -0.4 is 0 Å². The zero-order valence-electron chi connectivity index (χ0n) is 16.7. The molecule has 1 saturated heterocycles. The van der Waals surface area contributed by atoms with Crippen LogP contribution in [0, 0.1) is 5.92 Å². The van der Waals surface area contributed by atoms with Gasteiger partial charge in [-0.1, -0.05) is 29.9 Å². The molecule has 0 aromatic rings. The molecule has 146 valence electrons. The van der Waals surface area contributed by atoms with E-state index in [0.29, 0.717) is 0 Å². The van der Waals surface area contributed by atoms with Crippen molar-refractivity contribution in [3.8, 4) is 0 Å². The van der Waals surface area contributed by atoms with Gasteiger partial charge in [-0.15, -0.1) is 0 Å². The Morgan fingerprint density at radius 3 is 2.77 bits per heavy atom. The average molecular weight is 363 g/mol. The van der Waals surface area contributed by atoms with Gasteiger partial charge in [0.1, 0.15) is 6.61 Å². The second-order valence-corrected chi connectivity index (χ2v) is 8.13. The number of ether oxygens (including phenoxy) is 2. The Morgan fingerprint density at radius 1 is 1.38 bits per heavy atom. The van der Waals surface area contributed by atoms with Gasteiger partial charge >= 0.3 is 5.97 Å². The van der Waals surface area contributed by atoms with E-state index in [2.05, 4.69) is 26.5 Å². The Kier molecular flexibility index (Phi) is 7.24. The number of aliphatic hydroxyl groups is 1. The molecular weight excluding hydrogens is 328 g/mol. The number of hydrogen-bond donors (Lipinski definition) is 1. The zero-order valence-corrected chi connectivity index (χ0v) is 16.7. The highest BCUT2D eigenvalue weighted by Crippen LogP contribution is 2.43. The van der Waals surface area contributed by atoms with Gasteiger partial charge < -0.3 is 14.6 Å². The third kappa shape index (κ3) is 6.10. The smallest absolute Gasteiger partial charge is 0.302 e. The van der Waals surface area contributed by atoms with Gasteiger partial charge in [-0.25, -0.2) is 0 Å². The van der Waals surface area contributed by atoms with Crippen molar-refractivity contribution in [3.63, 3.8) is 0 Å². The number of aliphatic hydroxyl groups excluding tert-OH is 1. The number of esters is 1. The van der Waals surface area contributed by atoms with Gasteiger partial charge in [0.2, 0.25) is 0 Å². The Balaban J connectivity index is 2.18. The second-order valence-electron chi connectivity index (χ2n) is 8.13. The average Bonchev–Trinajstić information content (AvgIpc) is 3.19. The number of rotatable bonds is 3. The molecule has 1 aliphatic heterocycles. The third-order valence-electron chi connectivity index (χ3n) is 5.66. The van der Waals surface area contributed by atoms with E-state index in [1.54, 1.807) is 0 Å². The van der Waals surface area contributed by atoms with Crippen LogP contribution in [0.15, 0.2) is 35.5 Å². The molecule has 1 fully saturated rings. The topological polar surface area (TPSA) is 59.1 Å². The molecule has 0 saturated carbocycles. The Morgan fingerprint density at radius 2 is 2.12 bits per heavy atom. The van der Waals surface area contributed by atoms with Crippen LogP contribution in [-0.2, 0) is 14.3 Å². The van der Waals surface area contributed by atoms with Crippen LogP contribution in [0.1, 0.15) is 66.2 Å². The summed E-state index contributed by atoms with van der Waals surface area (Å²) in [6.45, 7) is 12.0. The summed E-state index contributed by atoms with van der Waals surface area (Å²) in [5.74, 6) is -0.291. The maximum atomic E-state index is 11.2. The lowest BCUT2D eigenvalue weighted by Gasteiger charge is -2.23. The predicted octanol–water partition coefficient (Wildman–Crippen LogP) is 4.49. The minimum Gasteiger partial charge on any atom is -0.461 e. The molecule has 1 heterocycles. The van der Waals surface area contributed by atoms with Crippen LogP contribution in [0.2, 0.25) is 0 Å². The first-order chi connectivity index (χ1) is 12.2. The first-order valence-corrected chi connectivity index (χ1v) is 9.71. The number of allylic oxidation sites excluding steroid dienone is 2. The molecule has 0 spiro atoms. The molecule has 2 rings (SSSR count). The van der Waals surface area contributed by atoms with Crippen LogP contribution >= 0.6 is 0 Å². The van der Waals surface area contributed by atoms with E-state index in [4.69, 9.17) is 9.47 Å². The number of carbonyl (C=O) groups excluding carboxylic acids is 1. The molecule has 1 N–H and O–H groups in total. The molecule has 0 bridgehead atoms. The van der Waals surface area contributed by atoms with Gasteiger partial charge in [0, 0.05) is 12.8 Å². The maximum Gasteiger partial charge on any atom is 0.302 e. The molecule has 4 unspecified atom stereocenters. The Labute approximate surface area is 158 Å². The zero-order chi connectivity index (χ0) is 19.3. The van der Waals surface area contributed by atoms with Gasteiger partial charge in [-0.05, 0) is 64.9 Å². The number of carbonyl (C=O) groups is 1. The summed E-state index contributed by atoms with van der Waals surface area (Å²) in [6, 6.07) is 0. The number of hydrogen-bond acceptors (Lipinski definition) is 4. The highest BCUT2D eigenvalue weighted by Gasteiger charge is 2.50. The first kappa shape index (κ1) is 20.9. The summed E-state index contributed by atoms with van der Waals surface area (Å²) in [7, 11) is 0. The van der Waals surface area contributed by atoms with Gasteiger partial charge in [0.15, 0.2) is 0 Å². The monoisotopic (exact) mass is 362 g/mol. The summed E-state index contributed by atoms with van der Waals surface area (Å²) < 4.78 is 11.1. The molecule has 0 aromatic carbocycles. The van der Waals surface area contributed by atoms with Crippen LogP contribution in [-0.4, -0.2) is 35.5 Å². The number of epoxide rings is 1. The fourth-order valence-electron chi connectivity index (χ4n) is 3.75. The van der Waals surface area contributed by atoms with Gasteiger partial charge in [0.05, 0.1) is 17.8 Å². The van der Waals surface area contributed by atoms with Crippen LogP contribution in [0.25, 0.3) is 0 Å². The van der Waals surface area contributed by atoms with Crippen molar-refractivity contribution in [2.75, 3.05) is 6.61 Å². The summed E-state index contributed by atoms with van der Waals surface area (Å²) in [4.78, 5) is 11.2. The lowest BCUT2D eigenvalue weighted by atomic mass is 9.87. The van der Waals surface area contributed by atoms with E-state index >= 15 is 0 Å². The summed E-state index contributed by atoms with van der Waals surface area (Å²) in [5, 5.41) is 10.8. The van der Waals surface area contributed by atoms with E-state index in [-0.39, 0.29) is 30.2 Å². The lowest BCUT2D eigenvalue weighted by Crippen LogP contribution is -2.21. The van der Waals surface area contributed by atoms with E-state index < -0.39 is 6.10 Å². The molecule has 4 nitrogen and oxygen atoms in total. The second kappa shape index (κ2) is 9.01. The van der Waals surface area contributed by atoms with E-state index in [1.807, 2.05) is 13.0 Å². The predicted molar refractivity (Wildman–Crippen MR) is 104 cm³/mol. The number of fused-ring (bicyclic) bond motifs is 1. The minimum absolute atomic E-state index is 0.0102. The van der Waals surface area contributed by atoms with Crippen LogP contribution in [0.5, 0.6) is 0 Å². The van der Waals surface area contributed by atoms with Crippen LogP contribution in [0.3, 0.4) is 0 Å². The molecule has 4 atom stereocenters. The van der Waals surface area contributed by atoms with Gasteiger partial charge in [-0.3, -0.25) is 4.79 Å². The lowest BCUT2D eigenvalue weighted by molar-refractivity contribution is -0.140. The molecule has 1 aliphatic carbocycles. The third-order valence-corrected chi connectivity index (χ3v) is 5.66. The summed E-state index contributed by atoms with van der Waals surface area (Å²) in [6.07, 6.45) is 9.33. The van der Waals surface area contributed by atoms with Crippen molar-refractivity contribution >= 4 is 5.97 Å². The van der Waals surface area contributed by atoms with Crippen molar-refractivity contribution in [1.82, 2.24) is 0 Å². The summed E-state index contributed by atoms with van der Waals surface area (Å²) in [5.41, 5.74) is 3.26. The summed E-state index contributed by atoms with van der Waals surface area (Å²) >= 11 is 0. The van der Waals surface area contributed by atoms with Crippen molar-refractivity contribution < 1.29 is 19.4 Å². The van der Waals surface area contributed by atoms with Crippen molar-refractivity contribution in [2.24, 2.45) is 5.92 Å². The largest absolute Gasteiger partial charge is 0.461 e. The van der Waals surface area contributed by atoms with Crippen molar-refractivity contribution in [2.45, 2.75) is 84.0 Å². The molecule has 0 radical (unpaired) electrons. The molecule has 2 aliphatic rings. The SMILES string of the molecule is C=C(C)C1CC/C(C)=C\CCC2(C)OC2CC/C(COC(C)=O)=C\C1O. The highest BCUT2D eigenvalue weighted by molar-refractivity contribution is 5.66. The van der Waals surface area contributed by atoms with Gasteiger partial charge in [0.25, 0.3) is 0 Å². The standard InChI is InChI=1S/C22H34O4/c1-15(2)19-10-8-16(3)7-6-12-22(5)21(26-22)11-9-18(13-20(19)24)14-25-17(4)23/h7,13,19-21,24H,1,6,8-12,14H2,2-5H3/b16-7-,18-13+. The van der Waals surface area contributed by atoms with Gasteiger partial charge in [-0.2, -0.15) is 0 Å². The Bertz CT molecular complexity index is 589. The first-order valence-electron chi connectivity index (χ1n) is 9.71. The Hall–Kier alpha value is -1.39. The fourth-order valence-corrected chi connectivity index (χ4v) is 3.75. The fraction of sp³-hybridized carbons (Fsp3) is 0.682. The van der Waals surface area contributed by atoms with Crippen molar-refractivity contribution in [3.05, 3.63) is 35.5 Å². The molecule has 0 aromatic heterocycles. The molecular formula is C22H34O4. The van der Waals surface area contributed by atoms with E-state index in [1.165, 1.54) is 12.5 Å². The maximum absolute atomic E-state index is 11.2. The van der Waals surface area contributed by atoms with Crippen LogP contribution in [0.4, 0.5) is 0 Å². The normalized spacial score (nSPS) is 37.2. The highest BCUT2D eigenvalue weighted by atomic mass is 16.6. The quantitative estimate of drug-likeness (QED) is 0.457. The van der Waals surface area contributed by atoms with E-state index in [0.717, 1.165) is 49.7 Å². The molecule has 4 heteroatoms.